The number of amidine groups is 1. The van der Waals surface area contributed by atoms with E-state index in [0.717, 1.165) is 29.0 Å². The van der Waals surface area contributed by atoms with E-state index in [1.54, 1.807) is 0 Å². The Hall–Kier alpha value is -2.49. The highest BCUT2D eigenvalue weighted by atomic mass is 16.4. The highest BCUT2D eigenvalue weighted by molar-refractivity contribution is 6.03. The van der Waals surface area contributed by atoms with Crippen LogP contribution < -0.4 is 10.6 Å². The van der Waals surface area contributed by atoms with Crippen molar-refractivity contribution >= 4 is 17.2 Å². The molecule has 0 fully saturated rings. The van der Waals surface area contributed by atoms with Gasteiger partial charge in [0.15, 0.2) is 5.84 Å². The van der Waals surface area contributed by atoms with Gasteiger partial charge in [-0.3, -0.25) is 0 Å². The summed E-state index contributed by atoms with van der Waals surface area (Å²) >= 11 is 0. The van der Waals surface area contributed by atoms with Crippen LogP contribution in [0.15, 0.2) is 53.7 Å². The van der Waals surface area contributed by atoms with Crippen LogP contribution in [0.2, 0.25) is 0 Å². The summed E-state index contributed by atoms with van der Waals surface area (Å²) < 4.78 is 0. The molecule has 4 nitrogen and oxygen atoms in total. The van der Waals surface area contributed by atoms with E-state index in [-0.39, 0.29) is 5.84 Å². The van der Waals surface area contributed by atoms with Gasteiger partial charge in [-0.2, -0.15) is 0 Å². The SMILES string of the molecule is CCN(c1ccccc1)c1cc(C)ccc1C(N)=NO. The normalized spacial score (nSPS) is 11.4. The lowest BCUT2D eigenvalue weighted by atomic mass is 10.1. The molecule has 4 heteroatoms. The molecule has 2 aromatic carbocycles. The minimum atomic E-state index is 0.120. The molecule has 0 aliphatic heterocycles. The molecule has 2 rings (SSSR count). The second-order valence-electron chi connectivity index (χ2n) is 4.59. The number of benzene rings is 2. The zero-order valence-electron chi connectivity index (χ0n) is 11.7. The van der Waals surface area contributed by atoms with Crippen LogP contribution in [-0.2, 0) is 0 Å². The summed E-state index contributed by atoms with van der Waals surface area (Å²) in [4.78, 5) is 2.14. The molecule has 0 bridgehead atoms. The molecular formula is C16H19N3O. The number of para-hydroxylation sites is 1. The Morgan fingerprint density at radius 1 is 1.20 bits per heavy atom. The van der Waals surface area contributed by atoms with Crippen molar-refractivity contribution in [3.8, 4) is 0 Å². The van der Waals surface area contributed by atoms with Crippen molar-refractivity contribution in [1.29, 1.82) is 0 Å². The number of nitrogens with two attached hydrogens (primary N) is 1. The van der Waals surface area contributed by atoms with E-state index in [4.69, 9.17) is 10.9 Å². The summed E-state index contributed by atoms with van der Waals surface area (Å²) in [7, 11) is 0. The average molecular weight is 269 g/mol. The number of nitrogens with zero attached hydrogens (tertiary/aromatic N) is 2. The Morgan fingerprint density at radius 3 is 2.50 bits per heavy atom. The van der Waals surface area contributed by atoms with Crippen LogP contribution in [-0.4, -0.2) is 17.6 Å². The Labute approximate surface area is 119 Å². The number of rotatable bonds is 4. The summed E-state index contributed by atoms with van der Waals surface area (Å²) in [5.41, 5.74) is 9.66. The van der Waals surface area contributed by atoms with Crippen LogP contribution in [0.5, 0.6) is 0 Å². The van der Waals surface area contributed by atoms with E-state index in [2.05, 4.69) is 17.0 Å². The van der Waals surface area contributed by atoms with Crippen molar-refractivity contribution in [2.45, 2.75) is 13.8 Å². The van der Waals surface area contributed by atoms with Crippen LogP contribution in [0.25, 0.3) is 0 Å². The molecule has 0 radical (unpaired) electrons. The second-order valence-corrected chi connectivity index (χ2v) is 4.59. The van der Waals surface area contributed by atoms with Crippen molar-refractivity contribution in [3.05, 3.63) is 59.7 Å². The summed E-state index contributed by atoms with van der Waals surface area (Å²) in [6.45, 7) is 4.89. The molecule has 0 saturated carbocycles. The number of aryl methyl sites for hydroxylation is 1. The maximum absolute atomic E-state index is 8.95. The molecule has 0 amide bonds. The van der Waals surface area contributed by atoms with Gasteiger partial charge in [-0.15, -0.1) is 0 Å². The van der Waals surface area contributed by atoms with E-state index in [1.807, 2.05) is 55.5 Å². The van der Waals surface area contributed by atoms with Crippen molar-refractivity contribution in [2.75, 3.05) is 11.4 Å². The first-order valence-corrected chi connectivity index (χ1v) is 6.58. The fourth-order valence-electron chi connectivity index (χ4n) is 2.24. The average Bonchev–Trinajstić information content (AvgIpc) is 2.48. The lowest BCUT2D eigenvalue weighted by Gasteiger charge is -2.26. The molecule has 0 spiro atoms. The summed E-state index contributed by atoms with van der Waals surface area (Å²) in [5.74, 6) is 0.120. The first-order valence-electron chi connectivity index (χ1n) is 6.58. The monoisotopic (exact) mass is 269 g/mol. The van der Waals surface area contributed by atoms with Gasteiger partial charge in [-0.25, -0.2) is 0 Å². The van der Waals surface area contributed by atoms with Crippen molar-refractivity contribution < 1.29 is 5.21 Å². The number of hydrogen-bond acceptors (Lipinski definition) is 3. The Bertz CT molecular complexity index is 608. The summed E-state index contributed by atoms with van der Waals surface area (Å²) in [5, 5.41) is 12.1. The predicted octanol–water partition coefficient (Wildman–Crippen LogP) is 3.25. The zero-order chi connectivity index (χ0) is 14.5. The van der Waals surface area contributed by atoms with Gasteiger partial charge in [-0.1, -0.05) is 29.4 Å². The largest absolute Gasteiger partial charge is 0.409 e. The van der Waals surface area contributed by atoms with Gasteiger partial charge in [0.2, 0.25) is 0 Å². The third-order valence-electron chi connectivity index (χ3n) is 3.21. The van der Waals surface area contributed by atoms with Gasteiger partial charge >= 0.3 is 0 Å². The molecule has 0 aliphatic rings. The van der Waals surface area contributed by atoms with Gasteiger partial charge in [0, 0.05) is 17.8 Å². The molecule has 0 heterocycles. The van der Waals surface area contributed by atoms with Crippen LogP contribution >= 0.6 is 0 Å². The molecule has 0 unspecified atom stereocenters. The molecule has 0 atom stereocenters. The van der Waals surface area contributed by atoms with Gasteiger partial charge in [0.1, 0.15) is 0 Å². The van der Waals surface area contributed by atoms with E-state index in [9.17, 15) is 0 Å². The molecule has 0 aliphatic carbocycles. The van der Waals surface area contributed by atoms with Crippen LogP contribution in [0.3, 0.4) is 0 Å². The topological polar surface area (TPSA) is 61.8 Å². The van der Waals surface area contributed by atoms with E-state index in [0.29, 0.717) is 0 Å². The van der Waals surface area contributed by atoms with Crippen molar-refractivity contribution in [1.82, 2.24) is 0 Å². The first-order chi connectivity index (χ1) is 9.67. The van der Waals surface area contributed by atoms with E-state index in [1.165, 1.54) is 0 Å². The fraction of sp³-hybridized carbons (Fsp3) is 0.188. The van der Waals surface area contributed by atoms with Gasteiger partial charge in [0.05, 0.1) is 5.69 Å². The predicted molar refractivity (Wildman–Crippen MR) is 82.8 cm³/mol. The molecule has 104 valence electrons. The summed E-state index contributed by atoms with van der Waals surface area (Å²) in [6, 6.07) is 15.9. The fourth-order valence-corrected chi connectivity index (χ4v) is 2.24. The first kappa shape index (κ1) is 13.9. The number of hydrogen-bond donors (Lipinski definition) is 2. The third kappa shape index (κ3) is 2.74. The van der Waals surface area contributed by atoms with E-state index < -0.39 is 0 Å². The lowest BCUT2D eigenvalue weighted by Crippen LogP contribution is -2.22. The smallest absolute Gasteiger partial charge is 0.172 e. The van der Waals surface area contributed by atoms with Gasteiger partial charge in [-0.05, 0) is 43.7 Å². The van der Waals surface area contributed by atoms with E-state index >= 15 is 0 Å². The van der Waals surface area contributed by atoms with Crippen LogP contribution in [0.4, 0.5) is 11.4 Å². The number of anilines is 2. The van der Waals surface area contributed by atoms with Gasteiger partial charge in [0.25, 0.3) is 0 Å². The molecule has 20 heavy (non-hydrogen) atoms. The number of oxime groups is 1. The zero-order valence-corrected chi connectivity index (χ0v) is 11.7. The molecular weight excluding hydrogens is 250 g/mol. The standard InChI is InChI=1S/C16H19N3O/c1-3-19(13-7-5-4-6-8-13)15-11-12(2)9-10-14(15)16(17)18-20/h4-11,20H,3H2,1-2H3,(H2,17,18). The molecule has 2 aromatic rings. The van der Waals surface area contributed by atoms with Crippen molar-refractivity contribution in [2.24, 2.45) is 10.9 Å². The minimum Gasteiger partial charge on any atom is -0.409 e. The van der Waals surface area contributed by atoms with Crippen LogP contribution in [0, 0.1) is 6.92 Å². The Balaban J connectivity index is 2.57. The Kier molecular flexibility index (Phi) is 4.25. The highest BCUT2D eigenvalue weighted by Gasteiger charge is 2.14. The maximum atomic E-state index is 8.95. The lowest BCUT2D eigenvalue weighted by molar-refractivity contribution is 0.318. The quantitative estimate of drug-likeness (QED) is 0.387. The summed E-state index contributed by atoms with van der Waals surface area (Å²) in [6.07, 6.45) is 0. The molecule has 0 aromatic heterocycles. The van der Waals surface area contributed by atoms with Crippen LogP contribution in [0.1, 0.15) is 18.1 Å². The molecule has 3 N–H and O–H groups in total. The second kappa shape index (κ2) is 6.10. The minimum absolute atomic E-state index is 0.120. The third-order valence-corrected chi connectivity index (χ3v) is 3.21. The molecule has 0 saturated heterocycles. The Morgan fingerprint density at radius 2 is 1.90 bits per heavy atom. The van der Waals surface area contributed by atoms with Crippen molar-refractivity contribution in [3.63, 3.8) is 0 Å². The van der Waals surface area contributed by atoms with Gasteiger partial charge < -0.3 is 15.8 Å². The maximum Gasteiger partial charge on any atom is 0.172 e. The highest BCUT2D eigenvalue weighted by Crippen LogP contribution is 2.29.